The van der Waals surface area contributed by atoms with E-state index in [9.17, 15) is 9.59 Å². The van der Waals surface area contributed by atoms with Gasteiger partial charge < -0.3 is 21.3 Å². The van der Waals surface area contributed by atoms with E-state index in [1.54, 1.807) is 0 Å². The number of unbranched alkanes of at least 4 members (excludes halogenated alkanes) is 8. The smallest absolute Gasteiger partial charge is 0.320 e. The Bertz CT molecular complexity index is 995. The maximum absolute atomic E-state index is 12.7. The zero-order valence-corrected chi connectivity index (χ0v) is 28.8. The van der Waals surface area contributed by atoms with Gasteiger partial charge >= 0.3 is 12.1 Å². The van der Waals surface area contributed by atoms with Crippen molar-refractivity contribution < 1.29 is 9.59 Å². The number of hydrogen-bond acceptors (Lipinski definition) is 4. The number of benzene rings is 2. The largest absolute Gasteiger partial charge is 0.325 e. The van der Waals surface area contributed by atoms with Crippen LogP contribution in [0.4, 0.5) is 21.0 Å². The van der Waals surface area contributed by atoms with E-state index in [4.69, 9.17) is 0 Å². The summed E-state index contributed by atoms with van der Waals surface area (Å²) in [6, 6.07) is 15.5. The van der Waals surface area contributed by atoms with Crippen LogP contribution in [-0.4, -0.2) is 61.4 Å². The molecule has 0 bridgehead atoms. The van der Waals surface area contributed by atoms with Crippen LogP contribution < -0.4 is 21.3 Å². The molecule has 4 amide bonds. The first-order valence-corrected chi connectivity index (χ1v) is 17.7. The first kappa shape index (κ1) is 38.1. The Morgan fingerprint density at radius 2 is 0.933 bits per heavy atom. The normalized spacial score (nSPS) is 11.2. The topological polar surface area (TPSA) is 88.7 Å². The molecule has 252 valence electrons. The van der Waals surface area contributed by atoms with E-state index in [-0.39, 0.29) is 12.1 Å². The molecule has 0 aliphatic heterocycles. The predicted molar refractivity (Wildman–Crippen MR) is 191 cm³/mol. The summed E-state index contributed by atoms with van der Waals surface area (Å²) in [4.78, 5) is 30.1. The van der Waals surface area contributed by atoms with E-state index in [1.165, 1.54) is 51.4 Å². The Morgan fingerprint density at radius 3 is 1.33 bits per heavy atom. The molecule has 0 fully saturated rings. The molecule has 0 aromatic heterocycles. The molecule has 0 unspecified atom stereocenters. The van der Waals surface area contributed by atoms with Gasteiger partial charge in [0.1, 0.15) is 0 Å². The second kappa shape index (κ2) is 24.2. The van der Waals surface area contributed by atoms with E-state index in [2.05, 4.69) is 70.9 Å². The Balaban J connectivity index is 1.86. The van der Waals surface area contributed by atoms with Gasteiger partial charge in [0.25, 0.3) is 0 Å². The van der Waals surface area contributed by atoms with Crippen molar-refractivity contribution in [2.24, 2.45) is 0 Å². The fraction of sp³-hybridized carbons (Fsp3) is 0.622. The molecule has 8 nitrogen and oxygen atoms in total. The zero-order chi connectivity index (χ0) is 32.5. The molecule has 45 heavy (non-hydrogen) atoms. The van der Waals surface area contributed by atoms with Crippen LogP contribution in [-0.2, 0) is 6.42 Å². The van der Waals surface area contributed by atoms with Crippen molar-refractivity contribution in [3.63, 3.8) is 0 Å². The molecule has 4 N–H and O–H groups in total. The van der Waals surface area contributed by atoms with Crippen molar-refractivity contribution in [2.75, 3.05) is 50.1 Å². The van der Waals surface area contributed by atoms with Gasteiger partial charge in [-0.25, -0.2) is 9.59 Å². The summed E-state index contributed by atoms with van der Waals surface area (Å²) in [7, 11) is 0. The van der Waals surface area contributed by atoms with Gasteiger partial charge in [-0.2, -0.15) is 0 Å². The predicted octanol–water partition coefficient (Wildman–Crippen LogP) is 8.80. The molecular formula is C37H62N6O2. The van der Waals surface area contributed by atoms with E-state index in [1.807, 2.05) is 36.4 Å². The van der Waals surface area contributed by atoms with Crippen LogP contribution >= 0.6 is 0 Å². The maximum Gasteiger partial charge on any atom is 0.320 e. The lowest BCUT2D eigenvalue weighted by Gasteiger charge is -2.22. The third-order valence-corrected chi connectivity index (χ3v) is 8.02. The Hall–Kier alpha value is -3.10. The quantitative estimate of drug-likeness (QED) is 0.0696. The molecule has 0 heterocycles. The zero-order valence-electron chi connectivity index (χ0n) is 28.8. The number of carbonyl (C=O) groups excluding carboxylic acids is 2. The molecule has 0 saturated heterocycles. The summed E-state index contributed by atoms with van der Waals surface area (Å²) in [5.41, 5.74) is 3.71. The van der Waals surface area contributed by atoms with E-state index < -0.39 is 0 Å². The summed E-state index contributed by atoms with van der Waals surface area (Å²) < 4.78 is 0. The minimum atomic E-state index is -0.186. The van der Waals surface area contributed by atoms with Gasteiger partial charge in [0.2, 0.25) is 0 Å². The lowest BCUT2D eigenvalue weighted by molar-refractivity contribution is 0.224. The van der Waals surface area contributed by atoms with Crippen LogP contribution in [0.2, 0.25) is 0 Å². The Kier molecular flexibility index (Phi) is 20.5. The first-order chi connectivity index (χ1) is 22.0. The SMILES string of the molecule is CCCCCCN(CCCC)CNC(=O)Nc1cccc(Cc2cccc(NC(=O)NCN(CCCC)CCCCCC)c2)c1. The second-order valence-electron chi connectivity index (χ2n) is 12.2. The molecule has 8 heteroatoms. The molecule has 0 atom stereocenters. The van der Waals surface area contributed by atoms with Gasteiger partial charge in [-0.1, -0.05) is 103 Å². The summed E-state index contributed by atoms with van der Waals surface area (Å²) in [6.45, 7) is 14.0. The lowest BCUT2D eigenvalue weighted by atomic mass is 10.0. The van der Waals surface area contributed by atoms with Crippen LogP contribution in [0.1, 0.15) is 116 Å². The lowest BCUT2D eigenvalue weighted by Crippen LogP contribution is -2.40. The van der Waals surface area contributed by atoms with E-state index >= 15 is 0 Å². The van der Waals surface area contributed by atoms with Crippen LogP contribution in [0.5, 0.6) is 0 Å². The fourth-order valence-corrected chi connectivity index (χ4v) is 5.30. The third-order valence-electron chi connectivity index (χ3n) is 8.02. The van der Waals surface area contributed by atoms with Gasteiger partial charge in [-0.3, -0.25) is 9.80 Å². The maximum atomic E-state index is 12.7. The van der Waals surface area contributed by atoms with Crippen molar-refractivity contribution in [3.05, 3.63) is 59.7 Å². The van der Waals surface area contributed by atoms with Crippen molar-refractivity contribution >= 4 is 23.4 Å². The standard InChI is InChI=1S/C37H62N6O2/c1-5-9-13-15-25-42(23-11-7-3)30-38-36(44)40-34-21-17-19-32(28-34)27-33-20-18-22-35(29-33)41-37(45)39-31-43(24-12-8-4)26-16-14-10-6-2/h17-22,28-29H,5-16,23-27,30-31H2,1-4H3,(H2,38,40,44)(H2,39,41,45). The van der Waals surface area contributed by atoms with Crippen molar-refractivity contribution in [2.45, 2.75) is 111 Å². The van der Waals surface area contributed by atoms with E-state index in [0.717, 1.165) is 74.4 Å². The molecule has 0 radical (unpaired) electrons. The van der Waals surface area contributed by atoms with Gasteiger partial charge in [0.15, 0.2) is 0 Å². The monoisotopic (exact) mass is 622 g/mol. The number of nitrogens with zero attached hydrogens (tertiary/aromatic N) is 2. The highest BCUT2D eigenvalue weighted by Gasteiger charge is 2.10. The molecule has 0 spiro atoms. The Morgan fingerprint density at radius 1 is 0.533 bits per heavy atom. The summed E-state index contributed by atoms with van der Waals surface area (Å²) >= 11 is 0. The third kappa shape index (κ3) is 17.8. The highest BCUT2D eigenvalue weighted by molar-refractivity contribution is 5.89. The van der Waals surface area contributed by atoms with Crippen molar-refractivity contribution in [3.8, 4) is 0 Å². The van der Waals surface area contributed by atoms with Crippen LogP contribution in [0.3, 0.4) is 0 Å². The van der Waals surface area contributed by atoms with Crippen LogP contribution in [0.25, 0.3) is 0 Å². The number of amides is 4. The Labute approximate surface area is 274 Å². The number of nitrogens with one attached hydrogen (secondary N) is 4. The molecule has 2 aromatic carbocycles. The number of rotatable bonds is 24. The summed E-state index contributed by atoms with van der Waals surface area (Å²) in [6.07, 6.45) is 15.1. The number of anilines is 2. The molecule has 2 aromatic rings. The summed E-state index contributed by atoms with van der Waals surface area (Å²) in [5.74, 6) is 0. The van der Waals surface area contributed by atoms with Gasteiger partial charge in [0, 0.05) is 11.4 Å². The minimum absolute atomic E-state index is 0.186. The van der Waals surface area contributed by atoms with E-state index in [0.29, 0.717) is 19.8 Å². The van der Waals surface area contributed by atoms with Crippen molar-refractivity contribution in [1.82, 2.24) is 20.4 Å². The molecule has 0 saturated carbocycles. The number of hydrogen-bond donors (Lipinski definition) is 4. The number of carbonyl (C=O) groups is 2. The molecule has 0 aliphatic rings. The molecular weight excluding hydrogens is 560 g/mol. The van der Waals surface area contributed by atoms with Gasteiger partial charge in [0.05, 0.1) is 13.3 Å². The van der Waals surface area contributed by atoms with Crippen LogP contribution in [0.15, 0.2) is 48.5 Å². The average Bonchev–Trinajstić information content (AvgIpc) is 3.03. The fourth-order valence-electron chi connectivity index (χ4n) is 5.30. The molecule has 0 aliphatic carbocycles. The summed E-state index contributed by atoms with van der Waals surface area (Å²) in [5, 5.41) is 12.1. The highest BCUT2D eigenvalue weighted by atomic mass is 16.2. The second-order valence-corrected chi connectivity index (χ2v) is 12.2. The number of urea groups is 2. The molecule has 2 rings (SSSR count). The first-order valence-electron chi connectivity index (χ1n) is 17.7. The van der Waals surface area contributed by atoms with Gasteiger partial charge in [-0.05, 0) is 93.7 Å². The minimum Gasteiger partial charge on any atom is -0.325 e. The van der Waals surface area contributed by atoms with Crippen LogP contribution in [0, 0.1) is 0 Å². The average molecular weight is 623 g/mol. The highest BCUT2D eigenvalue weighted by Crippen LogP contribution is 2.18. The van der Waals surface area contributed by atoms with Crippen molar-refractivity contribution in [1.29, 1.82) is 0 Å². The van der Waals surface area contributed by atoms with Gasteiger partial charge in [-0.15, -0.1) is 0 Å².